The van der Waals surface area contributed by atoms with E-state index in [1.807, 2.05) is 41.5 Å². The smallest absolute Gasteiger partial charge is 0.373 e. The van der Waals surface area contributed by atoms with Crippen molar-refractivity contribution in [2.45, 2.75) is 99.2 Å². The summed E-state index contributed by atoms with van der Waals surface area (Å²) in [7, 11) is 0. The Morgan fingerprint density at radius 3 is 1.71 bits per heavy atom. The van der Waals surface area contributed by atoms with Gasteiger partial charge in [-0.25, -0.2) is 47.1 Å². The highest BCUT2D eigenvalue weighted by atomic mass is 35.5. The Bertz CT molecular complexity index is 3310. The van der Waals surface area contributed by atoms with Gasteiger partial charge in [0.05, 0.1) is 50.9 Å². The maximum absolute atomic E-state index is 13.8. The molecule has 1 saturated heterocycles. The molecule has 24 heteroatoms. The third-order valence-corrected chi connectivity index (χ3v) is 11.0. The minimum absolute atomic E-state index is 0.00634. The molecule has 0 spiro atoms. The molecule has 7 aromatic rings. The molecule has 8 rings (SSSR count). The van der Waals surface area contributed by atoms with Crippen molar-refractivity contribution >= 4 is 57.7 Å². The normalized spacial score (nSPS) is 12.9. The number of hydrogen-bond donors (Lipinski definition) is 3. The Morgan fingerprint density at radius 2 is 1.29 bits per heavy atom. The topological polar surface area (TPSA) is 295 Å². The van der Waals surface area contributed by atoms with Crippen molar-refractivity contribution in [3.8, 4) is 11.4 Å². The molecule has 1 aliphatic heterocycles. The number of esters is 2. The fraction of sp³-hybridized carbons (Fsp3) is 0.333. The van der Waals surface area contributed by atoms with Gasteiger partial charge in [0, 0.05) is 25.9 Å². The van der Waals surface area contributed by atoms with E-state index in [0.717, 1.165) is 36.8 Å². The number of benzene rings is 1. The molecule has 0 aliphatic carbocycles. The Labute approximate surface area is 430 Å². The highest BCUT2D eigenvalue weighted by Crippen LogP contribution is 2.27. The van der Waals surface area contributed by atoms with Gasteiger partial charge in [0.25, 0.3) is 11.1 Å². The number of carboxylic acid groups (broad SMARTS) is 1. The predicted molar refractivity (Wildman–Crippen MR) is 268 cm³/mol. The van der Waals surface area contributed by atoms with Gasteiger partial charge in [-0.15, -0.1) is 0 Å². The van der Waals surface area contributed by atoms with Crippen molar-refractivity contribution in [1.82, 2.24) is 39.0 Å². The third-order valence-electron chi connectivity index (χ3n) is 10.8. The number of H-pyrrole nitrogens is 2. The van der Waals surface area contributed by atoms with E-state index in [2.05, 4.69) is 41.6 Å². The van der Waals surface area contributed by atoms with Gasteiger partial charge in [-0.2, -0.15) is 9.59 Å². The zero-order chi connectivity index (χ0) is 55.8. The molecule has 0 amide bonds. The van der Waals surface area contributed by atoms with Gasteiger partial charge < -0.3 is 19.3 Å². The zero-order valence-electron chi connectivity index (χ0n) is 42.2. The maximum Gasteiger partial charge on any atom is 0.373 e. The number of aromatic amines is 2. The standard InChI is InChI=1S/C17H17FN4O2.C16H14ClFN4O2.C12H12O6.C5H10O.CO2/c1-8(2)13-14(9(3)5-6-19-13)22-15-11(16(23)21-17(22)24)7-12(18)10(4)20-15;1-7(2)11-12(8(3)4-5-19-11)22-14-9(15(23)21-16(22)24)6-10(18)13(17)20-14;1-8(13)18-10(11(14)15)7-17-12(16)9-5-3-2-4-6-9;1-5-3-2-4-6-5;2-1-3/h5-8H,1-4H3,(H,21,23,24);4-7H,1-3H3,(H,21,23,24);2-6,10H,7H2,1H3,(H,14,15);5H,2-4H2,1H3;/t;;10-;;/m..0../s1. The van der Waals surface area contributed by atoms with Crippen molar-refractivity contribution in [2.75, 3.05) is 13.2 Å². The first-order chi connectivity index (χ1) is 35.4. The number of ether oxygens (including phenoxy) is 3. The summed E-state index contributed by atoms with van der Waals surface area (Å²) in [6, 6.07) is 13.7. The second-order valence-electron chi connectivity index (χ2n) is 17.1. The molecule has 2 atom stereocenters. The first-order valence-corrected chi connectivity index (χ1v) is 23.3. The molecule has 75 heavy (non-hydrogen) atoms. The lowest BCUT2D eigenvalue weighted by molar-refractivity contribution is -0.191. The SMILES string of the molecule is CC(=O)O[C@@H](COC(=O)c1ccccc1)C(=O)O.CC1CCCO1.Cc1ccnc(C(C)C)c1-n1c(=O)[nH]c(=O)c2cc(F)c(C)nc21.Cc1ccnc(C(C)C)c1-n1c(=O)[nH]c(=O)c2cc(F)c(Cl)nc21.O=C=O. The van der Waals surface area contributed by atoms with E-state index in [1.165, 1.54) is 41.0 Å². The number of aromatic nitrogens is 8. The van der Waals surface area contributed by atoms with Crippen LogP contribution in [0.25, 0.3) is 33.4 Å². The Hall–Kier alpha value is -8.40. The summed E-state index contributed by atoms with van der Waals surface area (Å²) in [4.78, 5) is 119. The molecule has 1 fully saturated rings. The summed E-state index contributed by atoms with van der Waals surface area (Å²) in [5, 5.41) is 8.29. The van der Waals surface area contributed by atoms with Gasteiger partial charge in [-0.1, -0.05) is 57.5 Å². The number of hydrogen-bond acceptors (Lipinski definition) is 16. The van der Waals surface area contributed by atoms with Crippen molar-refractivity contribution in [2.24, 2.45) is 0 Å². The summed E-state index contributed by atoms with van der Waals surface area (Å²) in [6.07, 6.45) is 5.15. The number of carboxylic acids is 1. The van der Waals surface area contributed by atoms with Crippen LogP contribution >= 0.6 is 11.6 Å². The van der Waals surface area contributed by atoms with Crippen LogP contribution in [0.2, 0.25) is 5.15 Å². The average molecular weight is 1060 g/mol. The zero-order valence-corrected chi connectivity index (χ0v) is 42.9. The van der Waals surface area contributed by atoms with E-state index in [4.69, 9.17) is 35.8 Å². The van der Waals surface area contributed by atoms with E-state index in [0.29, 0.717) is 34.4 Å². The molecule has 1 aromatic carbocycles. The average Bonchev–Trinajstić information content (AvgIpc) is 3.84. The largest absolute Gasteiger partial charge is 0.478 e. The summed E-state index contributed by atoms with van der Waals surface area (Å²) in [5.41, 5.74) is 1.87. The molecule has 21 nitrogen and oxygen atoms in total. The van der Waals surface area contributed by atoms with E-state index in [9.17, 15) is 42.3 Å². The van der Waals surface area contributed by atoms with Crippen molar-refractivity contribution in [3.05, 3.63) is 159 Å². The lowest BCUT2D eigenvalue weighted by Gasteiger charge is -2.17. The number of aliphatic carboxylic acids is 1. The van der Waals surface area contributed by atoms with Crippen LogP contribution in [0, 0.1) is 32.4 Å². The van der Waals surface area contributed by atoms with Gasteiger partial charge in [-0.05, 0) is 99.9 Å². The highest BCUT2D eigenvalue weighted by Gasteiger charge is 2.24. The van der Waals surface area contributed by atoms with Crippen LogP contribution in [0.3, 0.4) is 0 Å². The van der Waals surface area contributed by atoms with Crippen LogP contribution in [-0.4, -0.2) is 93.6 Å². The second-order valence-corrected chi connectivity index (χ2v) is 17.4. The number of nitrogens with one attached hydrogen (secondary N) is 2. The van der Waals surface area contributed by atoms with Crippen LogP contribution in [0.15, 0.2) is 86.2 Å². The maximum atomic E-state index is 13.8. The van der Waals surface area contributed by atoms with Crippen LogP contribution in [-0.2, 0) is 33.4 Å². The van der Waals surface area contributed by atoms with Crippen molar-refractivity contribution < 1.29 is 52.1 Å². The molecule has 0 saturated carbocycles. The number of carbonyl (C=O) groups is 3. The van der Waals surface area contributed by atoms with E-state index >= 15 is 0 Å². The number of carbonyl (C=O) groups excluding carboxylic acids is 4. The lowest BCUT2D eigenvalue weighted by Crippen LogP contribution is -2.32. The molecule has 0 bridgehead atoms. The van der Waals surface area contributed by atoms with Gasteiger partial charge in [-0.3, -0.25) is 34.3 Å². The number of rotatable bonds is 9. The Balaban J connectivity index is 0.000000226. The van der Waals surface area contributed by atoms with Gasteiger partial charge in [0.1, 0.15) is 12.4 Å². The monoisotopic (exact) mass is 1060 g/mol. The van der Waals surface area contributed by atoms with E-state index in [1.54, 1.807) is 42.7 Å². The highest BCUT2D eigenvalue weighted by molar-refractivity contribution is 6.29. The molecule has 3 N–H and O–H groups in total. The Kier molecular flexibility index (Phi) is 21.3. The van der Waals surface area contributed by atoms with Crippen LogP contribution in [0.4, 0.5) is 8.78 Å². The van der Waals surface area contributed by atoms with Crippen molar-refractivity contribution in [3.63, 3.8) is 0 Å². The molecular formula is C51H53ClF2N8O13. The molecule has 396 valence electrons. The molecule has 6 aromatic heterocycles. The Morgan fingerprint density at radius 1 is 0.813 bits per heavy atom. The van der Waals surface area contributed by atoms with Crippen LogP contribution in [0.5, 0.6) is 0 Å². The summed E-state index contributed by atoms with van der Waals surface area (Å²) in [6.45, 7) is 16.6. The summed E-state index contributed by atoms with van der Waals surface area (Å²) >= 11 is 5.76. The van der Waals surface area contributed by atoms with Crippen LogP contribution in [0.1, 0.15) is 105 Å². The molecule has 7 heterocycles. The molecular weight excluding hydrogens is 1010 g/mol. The second kappa shape index (κ2) is 27.1. The number of nitrogens with zero attached hydrogens (tertiary/aromatic N) is 6. The van der Waals surface area contributed by atoms with E-state index < -0.39 is 69.9 Å². The minimum atomic E-state index is -1.49. The summed E-state index contributed by atoms with van der Waals surface area (Å²) in [5.74, 6) is -4.14. The molecule has 0 radical (unpaired) electrons. The fourth-order valence-corrected chi connectivity index (χ4v) is 7.36. The number of fused-ring (bicyclic) bond motifs is 2. The van der Waals surface area contributed by atoms with E-state index in [-0.39, 0.29) is 45.7 Å². The first-order valence-electron chi connectivity index (χ1n) is 22.9. The minimum Gasteiger partial charge on any atom is -0.478 e. The number of halogens is 3. The van der Waals surface area contributed by atoms with Gasteiger partial charge >= 0.3 is 35.4 Å². The number of pyridine rings is 4. The fourth-order valence-electron chi connectivity index (χ4n) is 7.22. The van der Waals surface area contributed by atoms with Gasteiger partial charge in [0.2, 0.25) is 6.10 Å². The molecule has 1 unspecified atom stereocenters. The first kappa shape index (κ1) is 59.2. The summed E-state index contributed by atoms with van der Waals surface area (Å²) < 4.78 is 44.5. The lowest BCUT2D eigenvalue weighted by atomic mass is 10.0. The molecule has 1 aliphatic rings. The van der Waals surface area contributed by atoms with Gasteiger partial charge in [0.15, 0.2) is 22.3 Å². The quantitative estimate of drug-likeness (QED) is 0.103. The van der Waals surface area contributed by atoms with Crippen molar-refractivity contribution in [1.29, 1.82) is 0 Å². The number of aryl methyl sites for hydroxylation is 3. The predicted octanol–water partition coefficient (Wildman–Crippen LogP) is 6.50. The third kappa shape index (κ3) is 15.3. The van der Waals surface area contributed by atoms with Crippen LogP contribution < -0.4 is 22.5 Å².